The van der Waals surface area contributed by atoms with E-state index in [1.54, 1.807) is 24.3 Å². The summed E-state index contributed by atoms with van der Waals surface area (Å²) in [5.41, 5.74) is 7.33. The molecule has 5 N–H and O–H groups in total. The van der Waals surface area contributed by atoms with Crippen LogP contribution in [0.3, 0.4) is 0 Å². The monoisotopic (exact) mass is 388 g/mol. The molecule has 150 valence electrons. The topological polar surface area (TPSA) is 137 Å². The summed E-state index contributed by atoms with van der Waals surface area (Å²) in [6.07, 6.45) is 3.63. The van der Waals surface area contributed by atoms with Crippen LogP contribution in [-0.4, -0.2) is 41.0 Å². The van der Waals surface area contributed by atoms with Crippen molar-refractivity contribution in [2.75, 3.05) is 10.6 Å². The summed E-state index contributed by atoms with van der Waals surface area (Å²) in [7, 11) is 0. The van der Waals surface area contributed by atoms with Gasteiger partial charge in [-0.05, 0) is 43.5 Å². The molecule has 3 amide bonds. The molecule has 1 aromatic carbocycles. The minimum absolute atomic E-state index is 0.0727. The first-order valence-corrected chi connectivity index (χ1v) is 9.62. The van der Waals surface area contributed by atoms with E-state index in [-0.39, 0.29) is 34.9 Å². The van der Waals surface area contributed by atoms with Crippen LogP contribution in [0.5, 0.6) is 0 Å². The highest BCUT2D eigenvalue weighted by molar-refractivity contribution is 5.96. The van der Waals surface area contributed by atoms with Crippen molar-refractivity contribution in [1.29, 1.82) is 0 Å². The Morgan fingerprint density at radius 1 is 1.00 bits per heavy atom. The van der Waals surface area contributed by atoms with Crippen LogP contribution in [0.15, 0.2) is 24.3 Å². The standard InChI is InChI=1S/C18H24N6O4/c25-17(16-14-9-13(24(27)28)7-8-15(14)22-23-16)19-10-1-3-11(4-2-10)20-18(26)21-12-5-6-12/h1-4,12-16,22-23H,5-9H2,(H,19,25)(H2,20,21,26). The van der Waals surface area contributed by atoms with Gasteiger partial charge in [0.15, 0.2) is 0 Å². The van der Waals surface area contributed by atoms with Gasteiger partial charge in [0.05, 0.1) is 0 Å². The number of hydrogen-bond donors (Lipinski definition) is 5. The Morgan fingerprint density at radius 2 is 1.68 bits per heavy atom. The summed E-state index contributed by atoms with van der Waals surface area (Å²) in [5, 5.41) is 19.5. The van der Waals surface area contributed by atoms with Crippen LogP contribution in [0.25, 0.3) is 0 Å². The molecule has 0 aromatic heterocycles. The van der Waals surface area contributed by atoms with Crippen molar-refractivity contribution >= 4 is 23.3 Å². The second-order valence-corrected chi connectivity index (χ2v) is 7.73. The summed E-state index contributed by atoms with van der Waals surface area (Å²) in [5.74, 6) is -0.340. The van der Waals surface area contributed by atoms with E-state index in [2.05, 4.69) is 26.8 Å². The largest absolute Gasteiger partial charge is 0.335 e. The van der Waals surface area contributed by atoms with Crippen molar-refractivity contribution in [3.8, 4) is 0 Å². The lowest BCUT2D eigenvalue weighted by molar-refractivity contribution is -0.528. The molecule has 4 rings (SSSR count). The average molecular weight is 388 g/mol. The number of fused-ring (bicyclic) bond motifs is 1. The number of carbonyl (C=O) groups is 2. The van der Waals surface area contributed by atoms with E-state index in [0.29, 0.717) is 30.6 Å². The number of nitrogens with zero attached hydrogens (tertiary/aromatic N) is 1. The van der Waals surface area contributed by atoms with Gasteiger partial charge in [-0.1, -0.05) is 0 Å². The Bertz CT molecular complexity index is 766. The number of hydrazine groups is 1. The molecular formula is C18H24N6O4. The minimum Gasteiger partial charge on any atom is -0.335 e. The van der Waals surface area contributed by atoms with Gasteiger partial charge in [-0.25, -0.2) is 10.2 Å². The van der Waals surface area contributed by atoms with Crippen LogP contribution in [0.1, 0.15) is 32.1 Å². The number of benzene rings is 1. The molecule has 3 aliphatic rings. The molecule has 4 atom stereocenters. The van der Waals surface area contributed by atoms with Gasteiger partial charge in [-0.3, -0.25) is 20.3 Å². The maximum Gasteiger partial charge on any atom is 0.319 e. The number of anilines is 2. The number of hydrogen-bond acceptors (Lipinski definition) is 6. The minimum atomic E-state index is -0.592. The molecule has 10 nitrogen and oxygen atoms in total. The third-order valence-electron chi connectivity index (χ3n) is 5.63. The van der Waals surface area contributed by atoms with Crippen molar-refractivity contribution in [3.05, 3.63) is 34.4 Å². The number of rotatable bonds is 5. The highest BCUT2D eigenvalue weighted by Gasteiger charge is 2.46. The SMILES string of the molecule is O=C(Nc1ccc(NC(=O)C2NNC3CCC([N+](=O)[O-])CC32)cc1)NC1CC1. The fourth-order valence-electron chi connectivity index (χ4n) is 3.92. The first kappa shape index (κ1) is 18.6. The molecule has 0 spiro atoms. The Kier molecular flexibility index (Phi) is 5.14. The zero-order valence-electron chi connectivity index (χ0n) is 15.3. The molecule has 2 aliphatic carbocycles. The van der Waals surface area contributed by atoms with E-state index in [1.165, 1.54) is 0 Å². The first-order chi connectivity index (χ1) is 13.5. The maximum atomic E-state index is 12.7. The van der Waals surface area contributed by atoms with Crippen LogP contribution in [0.4, 0.5) is 16.2 Å². The van der Waals surface area contributed by atoms with Gasteiger partial charge in [0.2, 0.25) is 11.9 Å². The van der Waals surface area contributed by atoms with Gasteiger partial charge in [0.1, 0.15) is 6.04 Å². The molecule has 1 heterocycles. The number of urea groups is 1. The van der Waals surface area contributed by atoms with Gasteiger partial charge < -0.3 is 16.0 Å². The molecule has 3 fully saturated rings. The van der Waals surface area contributed by atoms with Crippen LogP contribution < -0.4 is 26.8 Å². The molecular weight excluding hydrogens is 364 g/mol. The molecule has 0 radical (unpaired) electrons. The van der Waals surface area contributed by atoms with E-state index in [1.807, 2.05) is 0 Å². The molecule has 1 aromatic rings. The average Bonchev–Trinajstić information content (AvgIpc) is 3.37. The summed E-state index contributed by atoms with van der Waals surface area (Å²) < 4.78 is 0. The molecule has 2 saturated carbocycles. The van der Waals surface area contributed by atoms with E-state index in [4.69, 9.17) is 0 Å². The lowest BCUT2D eigenvalue weighted by Crippen LogP contribution is -2.44. The van der Waals surface area contributed by atoms with Crippen molar-refractivity contribution in [1.82, 2.24) is 16.2 Å². The maximum absolute atomic E-state index is 12.7. The van der Waals surface area contributed by atoms with E-state index < -0.39 is 12.1 Å². The van der Waals surface area contributed by atoms with Crippen molar-refractivity contribution in [3.63, 3.8) is 0 Å². The third kappa shape index (κ3) is 4.23. The van der Waals surface area contributed by atoms with Crippen LogP contribution >= 0.6 is 0 Å². The zero-order valence-corrected chi connectivity index (χ0v) is 15.3. The van der Waals surface area contributed by atoms with E-state index in [0.717, 1.165) is 12.8 Å². The quantitative estimate of drug-likeness (QED) is 0.380. The molecule has 10 heteroatoms. The third-order valence-corrected chi connectivity index (χ3v) is 5.63. The molecule has 1 aliphatic heterocycles. The molecule has 0 bridgehead atoms. The van der Waals surface area contributed by atoms with E-state index >= 15 is 0 Å². The van der Waals surface area contributed by atoms with Crippen molar-refractivity contribution < 1.29 is 14.5 Å². The summed E-state index contributed by atoms with van der Waals surface area (Å²) in [6, 6.07) is 5.87. The van der Waals surface area contributed by atoms with Crippen LogP contribution in [-0.2, 0) is 4.79 Å². The number of carbonyl (C=O) groups excluding carboxylic acids is 2. The highest BCUT2D eigenvalue weighted by atomic mass is 16.6. The number of nitro groups is 1. The Labute approximate surface area is 161 Å². The summed E-state index contributed by atoms with van der Waals surface area (Å²) in [6.45, 7) is 0. The van der Waals surface area contributed by atoms with Gasteiger partial charge in [0.25, 0.3) is 0 Å². The van der Waals surface area contributed by atoms with Gasteiger partial charge >= 0.3 is 6.03 Å². The van der Waals surface area contributed by atoms with Crippen molar-refractivity contribution in [2.45, 2.75) is 56.3 Å². The zero-order chi connectivity index (χ0) is 19.7. The van der Waals surface area contributed by atoms with Crippen molar-refractivity contribution in [2.24, 2.45) is 5.92 Å². The second-order valence-electron chi connectivity index (χ2n) is 7.73. The summed E-state index contributed by atoms with van der Waals surface area (Å²) in [4.78, 5) is 35.3. The van der Waals surface area contributed by atoms with Gasteiger partial charge in [-0.15, -0.1) is 0 Å². The smallest absolute Gasteiger partial charge is 0.319 e. The van der Waals surface area contributed by atoms with Gasteiger partial charge in [0, 0.05) is 47.1 Å². The Hall–Kier alpha value is -2.72. The predicted octanol–water partition coefficient (Wildman–Crippen LogP) is 1.20. The lowest BCUT2D eigenvalue weighted by Gasteiger charge is -2.28. The van der Waals surface area contributed by atoms with Gasteiger partial charge in [-0.2, -0.15) is 0 Å². The predicted molar refractivity (Wildman–Crippen MR) is 102 cm³/mol. The lowest BCUT2D eigenvalue weighted by atomic mass is 9.79. The fraction of sp³-hybridized carbons (Fsp3) is 0.556. The Balaban J connectivity index is 1.32. The second kappa shape index (κ2) is 7.72. The van der Waals surface area contributed by atoms with Crippen LogP contribution in [0.2, 0.25) is 0 Å². The molecule has 1 saturated heterocycles. The van der Waals surface area contributed by atoms with E-state index in [9.17, 15) is 19.7 Å². The number of amides is 3. The normalized spacial score (nSPS) is 28.9. The Morgan fingerprint density at radius 3 is 2.32 bits per heavy atom. The fourth-order valence-corrected chi connectivity index (χ4v) is 3.92. The summed E-state index contributed by atoms with van der Waals surface area (Å²) >= 11 is 0. The van der Waals surface area contributed by atoms with Crippen LogP contribution in [0, 0.1) is 16.0 Å². The molecule has 4 unspecified atom stereocenters. The first-order valence-electron chi connectivity index (χ1n) is 9.62. The number of nitrogens with one attached hydrogen (secondary N) is 5. The highest BCUT2D eigenvalue weighted by Crippen LogP contribution is 2.32. The molecule has 28 heavy (non-hydrogen) atoms.